The zero-order valence-corrected chi connectivity index (χ0v) is 22.2. The van der Waals surface area contributed by atoms with Gasteiger partial charge in [0.1, 0.15) is 6.61 Å². The number of carbonyl (C=O) groups excluding carboxylic acids is 2. The fourth-order valence-corrected chi connectivity index (χ4v) is 5.81. The molecule has 1 aromatic carbocycles. The Bertz CT molecular complexity index is 1180. The summed E-state index contributed by atoms with van der Waals surface area (Å²) in [5.74, 6) is 0.0203. The van der Waals surface area contributed by atoms with Gasteiger partial charge >= 0.3 is 5.97 Å². The average molecular weight is 512 g/mol. The van der Waals surface area contributed by atoms with Crippen LogP contribution in [0.15, 0.2) is 58.3 Å². The highest BCUT2D eigenvalue weighted by Crippen LogP contribution is 2.49. The monoisotopic (exact) mass is 511 g/mol. The van der Waals surface area contributed by atoms with Gasteiger partial charge < -0.3 is 24.3 Å². The summed E-state index contributed by atoms with van der Waals surface area (Å²) in [6.45, 7) is 6.12. The smallest absolute Gasteiger partial charge is 0.336 e. The molecule has 0 bridgehead atoms. The van der Waals surface area contributed by atoms with Gasteiger partial charge in [0.25, 0.3) is 0 Å². The van der Waals surface area contributed by atoms with Crippen molar-refractivity contribution in [3.8, 4) is 11.5 Å². The highest BCUT2D eigenvalue weighted by molar-refractivity contribution is 7.10. The third-order valence-corrected chi connectivity index (χ3v) is 7.54. The summed E-state index contributed by atoms with van der Waals surface area (Å²) in [5.41, 5.74) is 3.19. The lowest BCUT2D eigenvalue weighted by Crippen LogP contribution is -2.36. The van der Waals surface area contributed by atoms with Gasteiger partial charge in [0.15, 0.2) is 17.3 Å². The molecule has 0 fully saturated rings. The lowest BCUT2D eigenvalue weighted by Gasteiger charge is -2.37. The lowest BCUT2D eigenvalue weighted by atomic mass is 9.72. The van der Waals surface area contributed by atoms with E-state index in [0.29, 0.717) is 53.4 Å². The molecular formula is C28H33NO6S. The molecule has 2 aliphatic rings. The van der Waals surface area contributed by atoms with Gasteiger partial charge in [-0.25, -0.2) is 4.79 Å². The largest absolute Gasteiger partial charge is 0.493 e. The van der Waals surface area contributed by atoms with Crippen LogP contribution in [0.4, 0.5) is 0 Å². The van der Waals surface area contributed by atoms with E-state index in [2.05, 4.69) is 11.4 Å². The number of nitrogens with one attached hydrogen (secondary N) is 1. The van der Waals surface area contributed by atoms with Crippen LogP contribution >= 0.6 is 11.3 Å². The van der Waals surface area contributed by atoms with E-state index in [4.69, 9.17) is 18.9 Å². The average Bonchev–Trinajstić information content (AvgIpc) is 3.40. The molecule has 0 amide bonds. The molecule has 1 aliphatic heterocycles. The number of methoxy groups -OCH3 is 2. The van der Waals surface area contributed by atoms with Crippen molar-refractivity contribution in [2.24, 2.45) is 0 Å². The molecule has 1 aromatic heterocycles. The number of thiophene rings is 1. The Balaban J connectivity index is 1.77. The van der Waals surface area contributed by atoms with Gasteiger partial charge in [-0.2, -0.15) is 0 Å². The van der Waals surface area contributed by atoms with Crippen LogP contribution in [0, 0.1) is 0 Å². The first-order valence-electron chi connectivity index (χ1n) is 12.1. The molecule has 2 atom stereocenters. The maximum Gasteiger partial charge on any atom is 0.336 e. The number of allylic oxidation sites excluding steroid dienone is 3. The van der Waals surface area contributed by atoms with Gasteiger partial charge in [-0.05, 0) is 44.7 Å². The fraction of sp³-hybridized carbons (Fsp3) is 0.429. The SMILES string of the molecule is COc1cccc([C@@H]2C(C(=O)OCCOC(C)C)=C(C)NC3=C2C(=O)C[C@H](c2cccs2)C3)c1OC. The van der Waals surface area contributed by atoms with E-state index in [0.717, 1.165) is 5.70 Å². The molecule has 1 aliphatic carbocycles. The third-order valence-electron chi connectivity index (χ3n) is 6.51. The third kappa shape index (κ3) is 5.20. The van der Waals surface area contributed by atoms with E-state index in [1.165, 1.54) is 4.88 Å². The maximum absolute atomic E-state index is 13.7. The van der Waals surface area contributed by atoms with Crippen LogP contribution in [0.1, 0.15) is 55.9 Å². The number of hydrogen-bond acceptors (Lipinski definition) is 8. The second-order valence-electron chi connectivity index (χ2n) is 9.17. The summed E-state index contributed by atoms with van der Waals surface area (Å²) >= 11 is 1.66. The highest BCUT2D eigenvalue weighted by Gasteiger charge is 2.43. The fourth-order valence-electron chi connectivity index (χ4n) is 4.98. The Labute approximate surface area is 216 Å². The minimum atomic E-state index is -0.637. The highest BCUT2D eigenvalue weighted by atomic mass is 32.1. The topological polar surface area (TPSA) is 83.1 Å². The van der Waals surface area contributed by atoms with E-state index >= 15 is 0 Å². The first-order chi connectivity index (χ1) is 17.3. The normalized spacial score (nSPS) is 19.8. The van der Waals surface area contributed by atoms with Gasteiger partial charge in [-0.1, -0.05) is 18.2 Å². The van der Waals surface area contributed by atoms with Crippen molar-refractivity contribution in [2.45, 2.75) is 51.6 Å². The molecule has 8 heteroatoms. The first kappa shape index (κ1) is 26.0. The first-order valence-corrected chi connectivity index (χ1v) is 13.0. The number of benzene rings is 1. The van der Waals surface area contributed by atoms with Crippen LogP contribution in [0.5, 0.6) is 11.5 Å². The van der Waals surface area contributed by atoms with Crippen LogP contribution < -0.4 is 14.8 Å². The zero-order chi connectivity index (χ0) is 25.8. The summed E-state index contributed by atoms with van der Waals surface area (Å²) in [6, 6.07) is 9.60. The van der Waals surface area contributed by atoms with E-state index in [1.54, 1.807) is 31.6 Å². The molecule has 0 saturated carbocycles. The number of esters is 1. The summed E-state index contributed by atoms with van der Waals surface area (Å²) in [6.07, 6.45) is 1.11. The molecule has 0 spiro atoms. The molecule has 4 rings (SSSR count). The number of carbonyl (C=O) groups is 2. The Hall–Kier alpha value is -3.10. The number of para-hydroxylation sites is 1. The Morgan fingerprint density at radius 1 is 1.11 bits per heavy atom. The van der Waals surface area contributed by atoms with Crippen molar-refractivity contribution in [1.29, 1.82) is 0 Å². The second kappa shape index (κ2) is 11.3. The predicted octanol–water partition coefficient (Wildman–Crippen LogP) is 5.10. The van der Waals surface area contributed by atoms with Gasteiger partial charge in [0.2, 0.25) is 0 Å². The van der Waals surface area contributed by atoms with E-state index in [1.807, 2.05) is 44.4 Å². The maximum atomic E-state index is 13.7. The van der Waals surface area contributed by atoms with Crippen molar-refractivity contribution < 1.29 is 28.5 Å². The molecule has 2 aromatic rings. The predicted molar refractivity (Wildman–Crippen MR) is 138 cm³/mol. The zero-order valence-electron chi connectivity index (χ0n) is 21.4. The summed E-state index contributed by atoms with van der Waals surface area (Å²) in [7, 11) is 3.13. The van der Waals surface area contributed by atoms with Crippen LogP contribution in [0.3, 0.4) is 0 Å². The second-order valence-corrected chi connectivity index (χ2v) is 10.2. The molecular weight excluding hydrogens is 478 g/mol. The Morgan fingerprint density at radius 2 is 1.92 bits per heavy atom. The summed E-state index contributed by atoms with van der Waals surface area (Å²) < 4.78 is 22.4. The number of Topliss-reactive ketones (excluding diaryl/α,β-unsaturated/α-hetero) is 1. The summed E-state index contributed by atoms with van der Waals surface area (Å²) in [5, 5.41) is 5.42. The Morgan fingerprint density at radius 3 is 2.58 bits per heavy atom. The molecule has 36 heavy (non-hydrogen) atoms. The van der Waals surface area contributed by atoms with Crippen LogP contribution in [0.2, 0.25) is 0 Å². The molecule has 192 valence electrons. The van der Waals surface area contributed by atoms with E-state index < -0.39 is 11.9 Å². The standard InChI is InChI=1S/C28H33NO6S/c1-16(2)34-11-12-35-28(31)24-17(3)29-20-14-18(23-10-7-13-36-23)15-21(30)26(20)25(24)19-8-6-9-22(32-4)27(19)33-5/h6-10,13,16,18,25,29H,11-12,14-15H2,1-5H3/t18-,25-/m1/s1. The Kier molecular flexibility index (Phi) is 8.16. The summed E-state index contributed by atoms with van der Waals surface area (Å²) in [4.78, 5) is 28.3. The number of ether oxygens (including phenoxy) is 4. The molecule has 7 nitrogen and oxygen atoms in total. The van der Waals surface area contributed by atoms with Crippen LogP contribution in [-0.2, 0) is 19.1 Å². The van der Waals surface area contributed by atoms with Crippen molar-refractivity contribution >= 4 is 23.1 Å². The van der Waals surface area contributed by atoms with Crippen molar-refractivity contribution in [3.63, 3.8) is 0 Å². The van der Waals surface area contributed by atoms with Gasteiger partial charge in [0.05, 0.1) is 38.4 Å². The lowest BCUT2D eigenvalue weighted by molar-refractivity contribution is -0.141. The van der Waals surface area contributed by atoms with Gasteiger partial charge in [0, 0.05) is 39.7 Å². The minimum absolute atomic E-state index is 0.0120. The van der Waals surface area contributed by atoms with Crippen molar-refractivity contribution in [1.82, 2.24) is 5.32 Å². The van der Waals surface area contributed by atoms with E-state index in [9.17, 15) is 9.59 Å². The van der Waals surface area contributed by atoms with Crippen LogP contribution in [-0.4, -0.2) is 45.3 Å². The number of dihydropyridines is 1. The van der Waals surface area contributed by atoms with E-state index in [-0.39, 0.29) is 24.4 Å². The van der Waals surface area contributed by atoms with Crippen molar-refractivity contribution in [2.75, 3.05) is 27.4 Å². The van der Waals surface area contributed by atoms with Gasteiger partial charge in [-0.15, -0.1) is 11.3 Å². The number of ketones is 1. The van der Waals surface area contributed by atoms with Gasteiger partial charge in [-0.3, -0.25) is 4.79 Å². The molecule has 1 N–H and O–H groups in total. The molecule has 0 radical (unpaired) electrons. The molecule has 2 heterocycles. The van der Waals surface area contributed by atoms with Crippen LogP contribution in [0.25, 0.3) is 0 Å². The molecule has 0 saturated heterocycles. The van der Waals surface area contributed by atoms with Crippen molar-refractivity contribution in [3.05, 3.63) is 68.7 Å². The number of rotatable bonds is 9. The number of hydrogen-bond donors (Lipinski definition) is 1. The molecule has 0 unspecified atom stereocenters. The minimum Gasteiger partial charge on any atom is -0.493 e. The quantitative estimate of drug-likeness (QED) is 0.371.